The highest BCUT2D eigenvalue weighted by Gasteiger charge is 2.40. The van der Waals surface area contributed by atoms with Crippen LogP contribution in [0.3, 0.4) is 0 Å². The van der Waals surface area contributed by atoms with Crippen molar-refractivity contribution in [2.45, 2.75) is 26.4 Å². The number of anilines is 1. The molecular weight excluding hydrogens is 373 g/mol. The Bertz CT molecular complexity index is 680. The van der Waals surface area contributed by atoms with Gasteiger partial charge in [0, 0.05) is 18.7 Å². The largest absolute Gasteiger partial charge is 0.492 e. The molecule has 0 bridgehead atoms. The van der Waals surface area contributed by atoms with E-state index in [-0.39, 0.29) is 13.0 Å². The average Bonchev–Trinajstić information content (AvgIpc) is 2.85. The fourth-order valence-electron chi connectivity index (χ4n) is 2.51. The Morgan fingerprint density at radius 1 is 1.42 bits per heavy atom. The van der Waals surface area contributed by atoms with Gasteiger partial charge in [0.25, 0.3) is 0 Å². The Kier molecular flexibility index (Phi) is 6.39. The van der Waals surface area contributed by atoms with Gasteiger partial charge in [0.2, 0.25) is 11.8 Å². The second-order valence-corrected chi connectivity index (χ2v) is 7.04. The fraction of sp³-hybridized carbons (Fsp3) is 0.529. The number of benzene rings is 1. The number of halogens is 4. The van der Waals surface area contributed by atoms with Crippen LogP contribution in [0.2, 0.25) is 5.02 Å². The summed E-state index contributed by atoms with van der Waals surface area (Å²) < 4.78 is 42.8. The summed E-state index contributed by atoms with van der Waals surface area (Å²) in [5.41, 5.74) is 0.388. The lowest BCUT2D eigenvalue weighted by Crippen LogP contribution is -2.36. The molecule has 2 rings (SSSR count). The van der Waals surface area contributed by atoms with Crippen LogP contribution in [0.1, 0.15) is 20.3 Å². The molecule has 26 heavy (non-hydrogen) atoms. The molecule has 0 saturated carbocycles. The van der Waals surface area contributed by atoms with E-state index < -0.39 is 30.5 Å². The molecular formula is C17H20ClF3N2O3. The summed E-state index contributed by atoms with van der Waals surface area (Å²) in [6.07, 6.45) is -4.73. The van der Waals surface area contributed by atoms with Gasteiger partial charge in [0.15, 0.2) is 0 Å². The van der Waals surface area contributed by atoms with Crippen molar-refractivity contribution in [1.82, 2.24) is 4.90 Å². The molecule has 144 valence electrons. The minimum atomic E-state index is -4.49. The summed E-state index contributed by atoms with van der Waals surface area (Å²) in [5.74, 6) is -1.23. The van der Waals surface area contributed by atoms with Crippen LogP contribution in [-0.2, 0) is 9.59 Å². The summed E-state index contributed by atoms with van der Waals surface area (Å²) in [5, 5.41) is 2.89. The maximum Gasteiger partial charge on any atom is 0.406 e. The van der Waals surface area contributed by atoms with E-state index in [2.05, 4.69) is 5.32 Å². The van der Waals surface area contributed by atoms with E-state index in [1.54, 1.807) is 12.1 Å². The molecule has 5 nitrogen and oxygen atoms in total. The third-order valence-electron chi connectivity index (χ3n) is 3.73. The van der Waals surface area contributed by atoms with Crippen molar-refractivity contribution >= 4 is 29.1 Å². The maximum atomic E-state index is 12.4. The number of hydrogen-bond acceptors (Lipinski definition) is 3. The van der Waals surface area contributed by atoms with Crippen molar-refractivity contribution in [2.24, 2.45) is 11.8 Å². The molecule has 1 atom stereocenters. The Morgan fingerprint density at radius 3 is 2.69 bits per heavy atom. The van der Waals surface area contributed by atoms with Crippen molar-refractivity contribution < 1.29 is 27.5 Å². The number of nitrogens with one attached hydrogen (secondary N) is 1. The number of rotatable bonds is 6. The molecule has 1 unspecified atom stereocenters. The number of carbonyl (C=O) groups is 2. The molecule has 0 aromatic heterocycles. The zero-order chi connectivity index (χ0) is 19.5. The number of alkyl halides is 3. The normalized spacial score (nSPS) is 17.7. The first kappa shape index (κ1) is 20.4. The van der Waals surface area contributed by atoms with Gasteiger partial charge < -0.3 is 15.0 Å². The van der Waals surface area contributed by atoms with Crippen LogP contribution in [0.25, 0.3) is 0 Å². The molecule has 1 aromatic carbocycles. The number of likely N-dealkylation sites (tertiary alicyclic amines) is 1. The van der Waals surface area contributed by atoms with E-state index in [4.69, 9.17) is 16.3 Å². The van der Waals surface area contributed by atoms with E-state index in [0.29, 0.717) is 33.9 Å². The minimum Gasteiger partial charge on any atom is -0.492 e. The predicted molar refractivity (Wildman–Crippen MR) is 91.2 cm³/mol. The van der Waals surface area contributed by atoms with Crippen molar-refractivity contribution in [3.8, 4) is 5.75 Å². The molecule has 0 spiro atoms. The molecule has 1 aromatic rings. The SMILES string of the molecule is CC(C)COc1ccc(NC(=O)C2CC(=O)N(CC(F)(F)F)C2)cc1Cl. The van der Waals surface area contributed by atoms with E-state index in [1.807, 2.05) is 13.8 Å². The van der Waals surface area contributed by atoms with E-state index >= 15 is 0 Å². The third-order valence-corrected chi connectivity index (χ3v) is 4.02. The van der Waals surface area contributed by atoms with E-state index in [1.165, 1.54) is 6.07 Å². The molecule has 1 heterocycles. The van der Waals surface area contributed by atoms with Crippen LogP contribution in [0, 0.1) is 11.8 Å². The van der Waals surface area contributed by atoms with E-state index in [9.17, 15) is 22.8 Å². The van der Waals surface area contributed by atoms with Gasteiger partial charge in [-0.15, -0.1) is 0 Å². The van der Waals surface area contributed by atoms with Gasteiger partial charge in [-0.05, 0) is 24.1 Å². The first-order valence-electron chi connectivity index (χ1n) is 8.13. The molecule has 1 aliphatic heterocycles. The van der Waals surface area contributed by atoms with Crippen LogP contribution in [0.5, 0.6) is 5.75 Å². The van der Waals surface area contributed by atoms with Gasteiger partial charge in [-0.2, -0.15) is 13.2 Å². The second-order valence-electron chi connectivity index (χ2n) is 6.63. The van der Waals surface area contributed by atoms with Gasteiger partial charge in [-0.3, -0.25) is 9.59 Å². The first-order valence-corrected chi connectivity index (χ1v) is 8.50. The van der Waals surface area contributed by atoms with Crippen molar-refractivity contribution in [3.05, 3.63) is 23.2 Å². The lowest BCUT2D eigenvalue weighted by molar-refractivity contribution is -0.157. The lowest BCUT2D eigenvalue weighted by atomic mass is 10.1. The summed E-state index contributed by atoms with van der Waals surface area (Å²) in [4.78, 5) is 24.5. The average molecular weight is 393 g/mol. The number of hydrogen-bond donors (Lipinski definition) is 1. The lowest BCUT2D eigenvalue weighted by Gasteiger charge is -2.18. The van der Waals surface area contributed by atoms with Gasteiger partial charge in [0.05, 0.1) is 17.5 Å². The van der Waals surface area contributed by atoms with Crippen molar-refractivity contribution in [3.63, 3.8) is 0 Å². The summed E-state index contributed by atoms with van der Waals surface area (Å²) in [6.45, 7) is 2.88. The van der Waals surface area contributed by atoms with Crippen LogP contribution in [0.15, 0.2) is 18.2 Å². The van der Waals surface area contributed by atoms with Gasteiger partial charge in [-0.1, -0.05) is 25.4 Å². The highest BCUT2D eigenvalue weighted by atomic mass is 35.5. The van der Waals surface area contributed by atoms with Crippen LogP contribution in [-0.4, -0.2) is 42.6 Å². The van der Waals surface area contributed by atoms with Crippen LogP contribution in [0.4, 0.5) is 18.9 Å². The van der Waals surface area contributed by atoms with Gasteiger partial charge >= 0.3 is 6.18 Å². The molecule has 1 N–H and O–H groups in total. The van der Waals surface area contributed by atoms with Crippen LogP contribution < -0.4 is 10.1 Å². The molecule has 0 aliphatic carbocycles. The predicted octanol–water partition coefficient (Wildman–Crippen LogP) is 3.72. The fourth-order valence-corrected chi connectivity index (χ4v) is 2.75. The van der Waals surface area contributed by atoms with Gasteiger partial charge in [-0.25, -0.2) is 0 Å². The molecule has 1 aliphatic rings. The zero-order valence-electron chi connectivity index (χ0n) is 14.4. The first-order chi connectivity index (χ1) is 12.0. The molecule has 1 saturated heterocycles. The number of carbonyl (C=O) groups excluding carboxylic acids is 2. The standard InChI is InChI=1S/C17H20ClF3N2O3/c1-10(2)8-26-14-4-3-12(6-13(14)18)22-16(25)11-5-15(24)23(7-11)9-17(19,20)21/h3-4,6,10-11H,5,7-9H2,1-2H3,(H,22,25). The van der Waals surface area contributed by atoms with Crippen LogP contribution >= 0.6 is 11.6 Å². The molecule has 0 radical (unpaired) electrons. The maximum absolute atomic E-state index is 12.4. The van der Waals surface area contributed by atoms with Gasteiger partial charge in [0.1, 0.15) is 12.3 Å². The summed E-state index contributed by atoms with van der Waals surface area (Å²) in [7, 11) is 0. The number of ether oxygens (including phenoxy) is 1. The minimum absolute atomic E-state index is 0.245. The summed E-state index contributed by atoms with van der Waals surface area (Å²) in [6, 6.07) is 4.69. The topological polar surface area (TPSA) is 58.6 Å². The summed E-state index contributed by atoms with van der Waals surface area (Å²) >= 11 is 6.11. The molecule has 1 fully saturated rings. The Hall–Kier alpha value is -1.96. The van der Waals surface area contributed by atoms with Crippen molar-refractivity contribution in [1.29, 1.82) is 0 Å². The Morgan fingerprint density at radius 2 is 2.12 bits per heavy atom. The molecule has 2 amide bonds. The molecule has 9 heteroatoms. The zero-order valence-corrected chi connectivity index (χ0v) is 15.2. The Labute approximate surface area is 154 Å². The second kappa shape index (κ2) is 8.16. The number of amides is 2. The van der Waals surface area contributed by atoms with E-state index in [0.717, 1.165) is 0 Å². The third kappa shape index (κ3) is 5.79. The van der Waals surface area contributed by atoms with Crippen molar-refractivity contribution in [2.75, 3.05) is 25.0 Å². The monoisotopic (exact) mass is 392 g/mol. The number of nitrogens with zero attached hydrogens (tertiary/aromatic N) is 1. The quantitative estimate of drug-likeness (QED) is 0.802. The highest BCUT2D eigenvalue weighted by molar-refractivity contribution is 6.32. The highest BCUT2D eigenvalue weighted by Crippen LogP contribution is 2.29. The smallest absolute Gasteiger partial charge is 0.406 e. The Balaban J connectivity index is 1.95.